The van der Waals surface area contributed by atoms with Crippen molar-refractivity contribution in [2.75, 3.05) is 20.3 Å². The van der Waals surface area contributed by atoms with E-state index in [1.165, 1.54) is 7.11 Å². The van der Waals surface area contributed by atoms with Crippen molar-refractivity contribution in [1.82, 2.24) is 9.78 Å². The van der Waals surface area contributed by atoms with Crippen LogP contribution in [0.3, 0.4) is 0 Å². The van der Waals surface area contributed by atoms with Crippen LogP contribution >= 0.6 is 38.9 Å². The molecule has 34 heavy (non-hydrogen) atoms. The van der Waals surface area contributed by atoms with Gasteiger partial charge in [-0.05, 0) is 75.1 Å². The van der Waals surface area contributed by atoms with Gasteiger partial charge in [-0.1, -0.05) is 29.8 Å². The quantitative estimate of drug-likeness (QED) is 0.207. The van der Waals surface area contributed by atoms with Crippen LogP contribution in [0.4, 0.5) is 0 Å². The summed E-state index contributed by atoms with van der Waals surface area (Å²) in [6.45, 7) is 3.21. The summed E-state index contributed by atoms with van der Waals surface area (Å²) in [5.41, 5.74) is 4.21. The van der Waals surface area contributed by atoms with E-state index in [0.717, 1.165) is 21.2 Å². The van der Waals surface area contributed by atoms with E-state index in [2.05, 4.69) is 27.4 Å². The minimum Gasteiger partial charge on any atom is -0.490 e. The predicted octanol–water partition coefficient (Wildman–Crippen LogP) is 6.96. The van der Waals surface area contributed by atoms with E-state index in [-0.39, 0.29) is 5.97 Å². The maximum Gasteiger partial charge on any atom is 0.337 e. The van der Waals surface area contributed by atoms with Crippen molar-refractivity contribution < 1.29 is 19.0 Å². The molecule has 0 amide bonds. The zero-order chi connectivity index (χ0) is 24.1. The van der Waals surface area contributed by atoms with Crippen molar-refractivity contribution in [3.05, 3.63) is 74.3 Å². The number of thiophene rings is 1. The maximum absolute atomic E-state index is 11.7. The Labute approximate surface area is 215 Å². The second-order valence-electron chi connectivity index (χ2n) is 7.20. The standard InChI is InChI=1S/C25H22BrClN2O4S/c1-3-32-24-22(26)23(16-4-6-17(7-5-16)25(30)31-2)28-29(24)11-12-33-21-9-8-18(14-20(21)27)19-10-13-34-15-19/h4-10,13-15H,3,11-12H2,1-2H3. The second kappa shape index (κ2) is 11.1. The normalized spacial score (nSPS) is 10.8. The topological polar surface area (TPSA) is 62.6 Å². The van der Waals surface area contributed by atoms with Crippen molar-refractivity contribution in [2.24, 2.45) is 0 Å². The highest BCUT2D eigenvalue weighted by Crippen LogP contribution is 2.36. The maximum atomic E-state index is 11.7. The van der Waals surface area contributed by atoms with E-state index in [1.54, 1.807) is 28.2 Å². The molecule has 0 N–H and O–H groups in total. The monoisotopic (exact) mass is 560 g/mol. The molecular weight excluding hydrogens is 540 g/mol. The van der Waals surface area contributed by atoms with Crippen LogP contribution in [0.1, 0.15) is 17.3 Å². The van der Waals surface area contributed by atoms with Gasteiger partial charge in [-0.3, -0.25) is 0 Å². The van der Waals surface area contributed by atoms with Crippen LogP contribution in [0, 0.1) is 0 Å². The molecule has 9 heteroatoms. The highest BCUT2D eigenvalue weighted by Gasteiger charge is 2.19. The van der Waals surface area contributed by atoms with Gasteiger partial charge in [0.15, 0.2) is 0 Å². The highest BCUT2D eigenvalue weighted by molar-refractivity contribution is 9.10. The Morgan fingerprint density at radius 1 is 1.09 bits per heavy atom. The van der Waals surface area contributed by atoms with Crippen molar-refractivity contribution in [3.8, 4) is 34.0 Å². The molecule has 176 valence electrons. The van der Waals surface area contributed by atoms with Crippen LogP contribution < -0.4 is 9.47 Å². The van der Waals surface area contributed by atoms with E-state index in [9.17, 15) is 4.79 Å². The first-order valence-corrected chi connectivity index (χ1v) is 12.7. The molecule has 0 atom stereocenters. The number of carbonyl (C=O) groups is 1. The molecular formula is C25H22BrClN2O4S. The molecule has 2 aromatic carbocycles. The largest absolute Gasteiger partial charge is 0.490 e. The summed E-state index contributed by atoms with van der Waals surface area (Å²) in [5, 5.41) is 9.38. The smallest absolute Gasteiger partial charge is 0.337 e. The summed E-state index contributed by atoms with van der Waals surface area (Å²) < 4.78 is 19.0. The average molecular weight is 562 g/mol. The number of rotatable bonds is 9. The van der Waals surface area contributed by atoms with Crippen molar-refractivity contribution in [3.63, 3.8) is 0 Å². The van der Waals surface area contributed by atoms with Crippen LogP contribution in [0.15, 0.2) is 63.8 Å². The van der Waals surface area contributed by atoms with E-state index in [1.807, 2.05) is 42.6 Å². The number of hydrogen-bond acceptors (Lipinski definition) is 6. The number of halogens is 2. The number of methoxy groups -OCH3 is 1. The summed E-state index contributed by atoms with van der Waals surface area (Å²) in [4.78, 5) is 11.7. The van der Waals surface area contributed by atoms with Gasteiger partial charge in [0.05, 0.1) is 30.8 Å². The zero-order valence-electron chi connectivity index (χ0n) is 18.6. The van der Waals surface area contributed by atoms with Crippen LogP contribution in [0.5, 0.6) is 11.6 Å². The average Bonchev–Trinajstić information content (AvgIpc) is 3.49. The third-order valence-electron chi connectivity index (χ3n) is 5.06. The van der Waals surface area contributed by atoms with Gasteiger partial charge >= 0.3 is 5.97 Å². The van der Waals surface area contributed by atoms with Crippen molar-refractivity contribution >= 4 is 44.8 Å². The zero-order valence-corrected chi connectivity index (χ0v) is 21.7. The van der Waals surface area contributed by atoms with E-state index in [0.29, 0.717) is 47.7 Å². The fourth-order valence-electron chi connectivity index (χ4n) is 3.39. The van der Waals surface area contributed by atoms with Gasteiger partial charge in [0.1, 0.15) is 22.5 Å². The summed E-state index contributed by atoms with van der Waals surface area (Å²) in [5.74, 6) is 0.839. The molecule has 0 spiro atoms. The molecule has 2 heterocycles. The van der Waals surface area contributed by atoms with Crippen LogP contribution in [-0.4, -0.2) is 36.1 Å². The summed E-state index contributed by atoms with van der Waals surface area (Å²) >= 11 is 11.7. The van der Waals surface area contributed by atoms with Crippen LogP contribution in [0.2, 0.25) is 5.02 Å². The Kier molecular flexibility index (Phi) is 7.92. The lowest BCUT2D eigenvalue weighted by Crippen LogP contribution is -2.12. The fourth-order valence-corrected chi connectivity index (χ4v) is 4.91. The molecule has 0 saturated carbocycles. The molecule has 0 fully saturated rings. The summed E-state index contributed by atoms with van der Waals surface area (Å²) in [7, 11) is 1.36. The highest BCUT2D eigenvalue weighted by atomic mass is 79.9. The van der Waals surface area contributed by atoms with Gasteiger partial charge < -0.3 is 14.2 Å². The van der Waals surface area contributed by atoms with Gasteiger partial charge in [-0.15, -0.1) is 0 Å². The molecule has 0 radical (unpaired) electrons. The molecule has 0 unspecified atom stereocenters. The Balaban J connectivity index is 1.49. The number of ether oxygens (including phenoxy) is 3. The Morgan fingerprint density at radius 3 is 2.50 bits per heavy atom. The summed E-state index contributed by atoms with van der Waals surface area (Å²) in [6, 6.07) is 14.9. The summed E-state index contributed by atoms with van der Waals surface area (Å²) in [6.07, 6.45) is 0. The Morgan fingerprint density at radius 2 is 1.85 bits per heavy atom. The molecule has 0 aliphatic rings. The van der Waals surface area contributed by atoms with Crippen LogP contribution in [0.25, 0.3) is 22.4 Å². The minimum atomic E-state index is -0.384. The second-order valence-corrected chi connectivity index (χ2v) is 9.18. The molecule has 4 aromatic rings. The third-order valence-corrected chi connectivity index (χ3v) is 6.75. The van der Waals surface area contributed by atoms with Crippen molar-refractivity contribution in [1.29, 1.82) is 0 Å². The fraction of sp³-hybridized carbons (Fsp3) is 0.200. The van der Waals surface area contributed by atoms with E-state index < -0.39 is 0 Å². The predicted molar refractivity (Wildman–Crippen MR) is 138 cm³/mol. The minimum absolute atomic E-state index is 0.354. The van der Waals surface area contributed by atoms with Gasteiger partial charge in [-0.2, -0.15) is 16.4 Å². The molecule has 4 rings (SSSR count). The SMILES string of the molecule is CCOc1c(Br)c(-c2ccc(C(=O)OC)cc2)nn1CCOc1ccc(-c2ccsc2)cc1Cl. The molecule has 0 saturated heterocycles. The molecule has 0 bridgehead atoms. The van der Waals surface area contributed by atoms with Crippen LogP contribution in [-0.2, 0) is 11.3 Å². The molecule has 0 aliphatic heterocycles. The van der Waals surface area contributed by atoms with Gasteiger partial charge in [0.2, 0.25) is 5.88 Å². The van der Waals surface area contributed by atoms with E-state index in [4.69, 9.17) is 30.9 Å². The van der Waals surface area contributed by atoms with E-state index >= 15 is 0 Å². The lowest BCUT2D eigenvalue weighted by atomic mass is 10.1. The Hall–Kier alpha value is -2.81. The molecule has 2 aromatic heterocycles. The first kappa shape index (κ1) is 24.3. The number of aromatic nitrogens is 2. The molecule has 0 aliphatic carbocycles. The number of nitrogens with zero attached hydrogens (tertiary/aromatic N) is 2. The van der Waals surface area contributed by atoms with Gasteiger partial charge in [-0.25, -0.2) is 9.48 Å². The lowest BCUT2D eigenvalue weighted by molar-refractivity contribution is 0.0600. The number of esters is 1. The van der Waals surface area contributed by atoms with Gasteiger partial charge in [0, 0.05) is 5.56 Å². The third kappa shape index (κ3) is 5.29. The number of benzene rings is 2. The number of hydrogen-bond donors (Lipinski definition) is 0. The lowest BCUT2D eigenvalue weighted by Gasteiger charge is -2.11. The van der Waals surface area contributed by atoms with Crippen molar-refractivity contribution in [2.45, 2.75) is 13.5 Å². The first-order chi connectivity index (χ1) is 16.5. The van der Waals surface area contributed by atoms with Gasteiger partial charge in [0.25, 0.3) is 0 Å². The number of carbonyl (C=O) groups excluding carboxylic acids is 1. The Bertz CT molecular complexity index is 1270. The molecule has 6 nitrogen and oxygen atoms in total. The first-order valence-electron chi connectivity index (χ1n) is 10.5.